The number of ketones is 3. The van der Waals surface area contributed by atoms with Crippen LogP contribution in [0.15, 0.2) is 106 Å². The van der Waals surface area contributed by atoms with Gasteiger partial charge in [-0.15, -0.1) is 0 Å². The largest absolute Gasteiger partial charge is 0.508 e. The van der Waals surface area contributed by atoms with E-state index in [-0.39, 0.29) is 57.3 Å². The van der Waals surface area contributed by atoms with Crippen molar-refractivity contribution < 1.29 is 29.1 Å². The summed E-state index contributed by atoms with van der Waals surface area (Å²) >= 11 is 9.82. The molecule has 2 amide bonds. The number of aromatic hydroxyl groups is 1. The molecule has 0 spiro atoms. The average Bonchev–Trinajstić information content (AvgIpc) is 3.28. The van der Waals surface area contributed by atoms with Crippen LogP contribution in [0.3, 0.4) is 0 Å². The predicted octanol–water partition coefficient (Wildman–Crippen LogP) is 6.24. The summed E-state index contributed by atoms with van der Waals surface area (Å²) in [5.74, 6) is -4.27. The Bertz CT molecular complexity index is 1910. The molecule has 1 fully saturated rings. The van der Waals surface area contributed by atoms with Gasteiger partial charge in [0.25, 0.3) is 0 Å². The van der Waals surface area contributed by atoms with Crippen LogP contribution >= 0.6 is 27.5 Å². The Morgan fingerprint density at radius 1 is 0.886 bits per heavy atom. The van der Waals surface area contributed by atoms with E-state index in [0.717, 1.165) is 5.57 Å². The van der Waals surface area contributed by atoms with Crippen molar-refractivity contribution in [2.75, 3.05) is 4.90 Å². The molecule has 1 N–H and O–H groups in total. The molecule has 0 bridgehead atoms. The first kappa shape index (κ1) is 28.4. The smallest absolute Gasteiger partial charge is 0.238 e. The molecule has 0 unspecified atom stereocenters. The lowest BCUT2D eigenvalue weighted by molar-refractivity contribution is -0.123. The van der Waals surface area contributed by atoms with Gasteiger partial charge in [-0.05, 0) is 76.7 Å². The maximum Gasteiger partial charge on any atom is 0.238 e. The van der Waals surface area contributed by atoms with Gasteiger partial charge in [0.1, 0.15) is 5.75 Å². The number of hydrogen-bond acceptors (Lipinski definition) is 6. The van der Waals surface area contributed by atoms with Crippen molar-refractivity contribution in [3.63, 3.8) is 0 Å². The third-order valence-corrected chi connectivity index (χ3v) is 9.97. The summed E-state index contributed by atoms with van der Waals surface area (Å²) in [5.41, 5.74) is 3.22. The first-order chi connectivity index (χ1) is 21.2. The normalized spacial score (nSPS) is 24.5. The zero-order chi connectivity index (χ0) is 30.9. The topological polar surface area (TPSA) is 109 Å². The van der Waals surface area contributed by atoms with E-state index in [1.54, 1.807) is 54.6 Å². The fourth-order valence-electron chi connectivity index (χ4n) is 7.08. The number of Topliss-reactive ketones (excluding diaryl/α,β-unsaturated/α-hetero) is 1. The van der Waals surface area contributed by atoms with E-state index in [1.165, 1.54) is 23.1 Å². The third kappa shape index (κ3) is 4.35. The average molecular weight is 669 g/mol. The molecule has 4 atom stereocenters. The molecule has 0 saturated carbocycles. The molecule has 44 heavy (non-hydrogen) atoms. The highest BCUT2D eigenvalue weighted by molar-refractivity contribution is 9.12. The maximum atomic E-state index is 14.1. The van der Waals surface area contributed by atoms with Crippen molar-refractivity contribution in [1.82, 2.24) is 0 Å². The highest BCUT2D eigenvalue weighted by Gasteiger charge is 2.56. The maximum absolute atomic E-state index is 14.1. The number of anilines is 1. The molecule has 1 heterocycles. The summed E-state index contributed by atoms with van der Waals surface area (Å²) < 4.78 is 0.136. The quantitative estimate of drug-likeness (QED) is 0.153. The first-order valence-corrected chi connectivity index (χ1v) is 15.3. The van der Waals surface area contributed by atoms with Crippen LogP contribution in [0.5, 0.6) is 5.75 Å². The van der Waals surface area contributed by atoms with E-state index in [1.807, 2.05) is 12.1 Å². The van der Waals surface area contributed by atoms with Gasteiger partial charge < -0.3 is 5.11 Å². The molecule has 4 aliphatic rings. The number of fused-ring (bicyclic) bond motifs is 3. The second-order valence-corrected chi connectivity index (χ2v) is 12.6. The minimum Gasteiger partial charge on any atom is -0.508 e. The minimum atomic E-state index is -0.756. The van der Waals surface area contributed by atoms with E-state index < -0.39 is 23.7 Å². The van der Waals surface area contributed by atoms with Crippen LogP contribution in [0.2, 0.25) is 5.02 Å². The summed E-state index contributed by atoms with van der Waals surface area (Å²) in [7, 11) is 0. The third-order valence-electron chi connectivity index (χ3n) is 9.05. The summed E-state index contributed by atoms with van der Waals surface area (Å²) in [6.45, 7) is 0. The van der Waals surface area contributed by atoms with Crippen LogP contribution in [-0.4, -0.2) is 34.3 Å². The molecule has 7 rings (SSSR count). The number of allylic oxidation sites excluding steroid dienone is 6. The summed E-state index contributed by atoms with van der Waals surface area (Å²) in [4.78, 5) is 68.8. The molecule has 9 heteroatoms. The van der Waals surface area contributed by atoms with Gasteiger partial charge in [0.2, 0.25) is 11.8 Å². The van der Waals surface area contributed by atoms with Crippen molar-refractivity contribution in [1.29, 1.82) is 0 Å². The zero-order valence-electron chi connectivity index (χ0n) is 23.0. The van der Waals surface area contributed by atoms with Crippen LogP contribution in [0, 0.1) is 17.8 Å². The molecular weight excluding hydrogens is 646 g/mol. The lowest BCUT2D eigenvalue weighted by atomic mass is 9.59. The molecule has 0 radical (unpaired) electrons. The van der Waals surface area contributed by atoms with Gasteiger partial charge in [0, 0.05) is 39.3 Å². The number of rotatable bonds is 4. The Kier molecular flexibility index (Phi) is 6.86. The predicted molar refractivity (Wildman–Crippen MR) is 167 cm³/mol. The van der Waals surface area contributed by atoms with Crippen molar-refractivity contribution >= 4 is 62.4 Å². The standard InChI is InChI=1S/C35H23BrClNO6/c36-26-16-28(40)31-25(33(26)42)15-24-21(29(31)22-11-10-20(39)14-27(22)37)12-13-23-30(24)35(44)38(34(23)43)19-8-6-18(7-9-19)32(41)17-4-2-1-3-5-17/h1-12,14,16,23-24,29-30,39H,13,15H2/t23-,24+,29+,30-/m0/s1. The number of amides is 2. The van der Waals surface area contributed by atoms with Crippen LogP contribution < -0.4 is 4.90 Å². The van der Waals surface area contributed by atoms with Gasteiger partial charge in [0.05, 0.1) is 22.0 Å². The Balaban J connectivity index is 1.26. The van der Waals surface area contributed by atoms with Gasteiger partial charge in [-0.2, -0.15) is 0 Å². The number of carbonyl (C=O) groups excluding carboxylic acids is 5. The van der Waals surface area contributed by atoms with Crippen LogP contribution in [-0.2, 0) is 19.2 Å². The Morgan fingerprint density at radius 3 is 2.30 bits per heavy atom. The Hall–Kier alpha value is -4.40. The first-order valence-electron chi connectivity index (χ1n) is 14.1. The van der Waals surface area contributed by atoms with Crippen LogP contribution in [0.4, 0.5) is 5.69 Å². The fourth-order valence-corrected chi connectivity index (χ4v) is 7.82. The number of nitrogens with zero attached hydrogens (tertiary/aromatic N) is 1. The van der Waals surface area contributed by atoms with E-state index >= 15 is 0 Å². The second-order valence-electron chi connectivity index (χ2n) is 11.4. The summed E-state index contributed by atoms with van der Waals surface area (Å²) in [5, 5.41) is 10.2. The Morgan fingerprint density at radius 2 is 1.59 bits per heavy atom. The number of phenols is 1. The molecule has 3 aliphatic carbocycles. The summed E-state index contributed by atoms with van der Waals surface area (Å²) in [6, 6.07) is 19.7. The number of phenolic OH excluding ortho intramolecular Hbond substituents is 1. The van der Waals surface area contributed by atoms with Gasteiger partial charge >= 0.3 is 0 Å². The number of hydrogen-bond donors (Lipinski definition) is 1. The van der Waals surface area contributed by atoms with E-state index in [9.17, 15) is 29.1 Å². The lowest BCUT2D eigenvalue weighted by Gasteiger charge is -2.42. The highest BCUT2D eigenvalue weighted by Crippen LogP contribution is 2.56. The second kappa shape index (κ2) is 10.6. The van der Waals surface area contributed by atoms with E-state index in [2.05, 4.69) is 15.9 Å². The van der Waals surface area contributed by atoms with Crippen molar-refractivity contribution in [3.8, 4) is 5.75 Å². The molecular formula is C35H23BrClNO6. The zero-order valence-corrected chi connectivity index (χ0v) is 25.3. The number of halogens is 2. The fraction of sp³-hybridized carbons (Fsp3) is 0.171. The van der Waals surface area contributed by atoms with Gasteiger partial charge in [-0.3, -0.25) is 28.9 Å². The molecule has 3 aromatic rings. The van der Waals surface area contributed by atoms with E-state index in [4.69, 9.17) is 11.6 Å². The molecule has 3 aromatic carbocycles. The molecule has 1 saturated heterocycles. The van der Waals surface area contributed by atoms with Gasteiger partial charge in [0.15, 0.2) is 17.3 Å². The number of carbonyl (C=O) groups is 5. The van der Waals surface area contributed by atoms with Crippen LogP contribution in [0.25, 0.3) is 0 Å². The number of imide groups is 1. The molecule has 1 aliphatic heterocycles. The highest BCUT2D eigenvalue weighted by atomic mass is 79.9. The SMILES string of the molecule is O=C1C=C(Br)C(=O)C2=C1[C@@H](c1ccc(O)cc1Cl)C1=CC[C@@H]3C(=O)N(c4ccc(C(=O)c5ccccc5)cc4)C(=O)[C@@H]3[C@@H]1C2. The molecule has 0 aromatic heterocycles. The minimum absolute atomic E-state index is 0.0459. The van der Waals surface area contributed by atoms with Crippen molar-refractivity contribution in [2.45, 2.75) is 18.8 Å². The molecule has 218 valence electrons. The van der Waals surface area contributed by atoms with Crippen LogP contribution in [0.1, 0.15) is 40.2 Å². The van der Waals surface area contributed by atoms with Gasteiger partial charge in [-0.1, -0.05) is 59.6 Å². The van der Waals surface area contributed by atoms with Crippen molar-refractivity contribution in [2.24, 2.45) is 17.8 Å². The monoisotopic (exact) mass is 667 g/mol. The Labute approximate surface area is 265 Å². The summed E-state index contributed by atoms with van der Waals surface area (Å²) in [6.07, 6.45) is 3.57. The molecule has 7 nitrogen and oxygen atoms in total. The van der Waals surface area contributed by atoms with E-state index in [0.29, 0.717) is 33.5 Å². The lowest BCUT2D eigenvalue weighted by Crippen LogP contribution is -2.39. The van der Waals surface area contributed by atoms with Gasteiger partial charge in [-0.25, -0.2) is 0 Å². The van der Waals surface area contributed by atoms with Crippen molar-refractivity contribution in [3.05, 3.63) is 128 Å². The number of benzene rings is 3.